The SMILES string of the molecule is Cc1ccc(C)c(-c2cc(C)nc(CCCO)n2)c1. The first-order valence-electron chi connectivity index (χ1n) is 6.63. The van der Waals surface area contributed by atoms with Crippen molar-refractivity contribution in [3.63, 3.8) is 0 Å². The molecule has 0 aliphatic rings. The maximum Gasteiger partial charge on any atom is 0.129 e. The van der Waals surface area contributed by atoms with Gasteiger partial charge in [-0.25, -0.2) is 9.97 Å². The summed E-state index contributed by atoms with van der Waals surface area (Å²) in [6, 6.07) is 8.41. The Kier molecular flexibility index (Phi) is 4.27. The Bertz CT molecular complexity index is 579. The second kappa shape index (κ2) is 5.93. The van der Waals surface area contributed by atoms with Crippen LogP contribution in [-0.4, -0.2) is 21.7 Å². The second-order valence-corrected chi connectivity index (χ2v) is 4.96. The minimum Gasteiger partial charge on any atom is -0.396 e. The van der Waals surface area contributed by atoms with Crippen LogP contribution in [-0.2, 0) is 6.42 Å². The first-order valence-corrected chi connectivity index (χ1v) is 6.63. The van der Waals surface area contributed by atoms with E-state index >= 15 is 0 Å². The highest BCUT2D eigenvalue weighted by Crippen LogP contribution is 2.23. The summed E-state index contributed by atoms with van der Waals surface area (Å²) in [4.78, 5) is 9.05. The number of aromatic nitrogens is 2. The molecule has 0 atom stereocenters. The predicted molar refractivity (Wildman–Crippen MR) is 77.1 cm³/mol. The quantitative estimate of drug-likeness (QED) is 0.914. The van der Waals surface area contributed by atoms with Gasteiger partial charge in [-0.1, -0.05) is 17.7 Å². The zero-order valence-electron chi connectivity index (χ0n) is 11.8. The summed E-state index contributed by atoms with van der Waals surface area (Å²) in [6.45, 7) is 6.35. The second-order valence-electron chi connectivity index (χ2n) is 4.96. The number of benzene rings is 1. The van der Waals surface area contributed by atoms with E-state index in [0.717, 1.165) is 29.2 Å². The normalized spacial score (nSPS) is 10.7. The third kappa shape index (κ3) is 3.38. The molecule has 3 nitrogen and oxygen atoms in total. The van der Waals surface area contributed by atoms with Gasteiger partial charge in [-0.2, -0.15) is 0 Å². The number of aliphatic hydroxyl groups is 1. The molecule has 2 aromatic rings. The van der Waals surface area contributed by atoms with E-state index in [4.69, 9.17) is 5.11 Å². The van der Waals surface area contributed by atoms with E-state index in [-0.39, 0.29) is 6.61 Å². The standard InChI is InChI=1S/C16H20N2O/c1-11-6-7-12(2)14(9-11)15-10-13(3)17-16(18-15)5-4-8-19/h6-7,9-10,19H,4-5,8H2,1-3H3. The summed E-state index contributed by atoms with van der Waals surface area (Å²) in [5.41, 5.74) is 5.56. The van der Waals surface area contributed by atoms with Crippen LogP contribution in [0.25, 0.3) is 11.3 Å². The number of rotatable bonds is 4. The van der Waals surface area contributed by atoms with Crippen LogP contribution in [0.2, 0.25) is 0 Å². The van der Waals surface area contributed by atoms with Gasteiger partial charge in [-0.15, -0.1) is 0 Å². The van der Waals surface area contributed by atoms with E-state index < -0.39 is 0 Å². The molecule has 2 rings (SSSR count). The molecule has 1 aromatic carbocycles. The van der Waals surface area contributed by atoms with Crippen molar-refractivity contribution in [1.82, 2.24) is 9.97 Å². The van der Waals surface area contributed by atoms with Crippen LogP contribution in [0, 0.1) is 20.8 Å². The third-order valence-corrected chi connectivity index (χ3v) is 3.13. The molecule has 0 bridgehead atoms. The lowest BCUT2D eigenvalue weighted by atomic mass is 10.0. The van der Waals surface area contributed by atoms with Crippen LogP contribution in [0.1, 0.15) is 29.1 Å². The Morgan fingerprint density at radius 1 is 1.05 bits per heavy atom. The monoisotopic (exact) mass is 256 g/mol. The zero-order valence-corrected chi connectivity index (χ0v) is 11.8. The molecule has 0 radical (unpaired) electrons. The lowest BCUT2D eigenvalue weighted by Gasteiger charge is -2.09. The van der Waals surface area contributed by atoms with Crippen molar-refractivity contribution in [3.05, 3.63) is 46.9 Å². The minimum atomic E-state index is 0.177. The van der Waals surface area contributed by atoms with Crippen molar-refractivity contribution in [2.45, 2.75) is 33.6 Å². The van der Waals surface area contributed by atoms with Crippen LogP contribution < -0.4 is 0 Å². The Hall–Kier alpha value is -1.74. The summed E-state index contributed by atoms with van der Waals surface area (Å²) in [5.74, 6) is 0.810. The van der Waals surface area contributed by atoms with Crippen molar-refractivity contribution < 1.29 is 5.11 Å². The molecule has 100 valence electrons. The third-order valence-electron chi connectivity index (χ3n) is 3.13. The van der Waals surface area contributed by atoms with Gasteiger partial charge in [0.2, 0.25) is 0 Å². The van der Waals surface area contributed by atoms with Gasteiger partial charge >= 0.3 is 0 Å². The first kappa shape index (κ1) is 13.7. The zero-order chi connectivity index (χ0) is 13.8. The molecule has 0 saturated heterocycles. The molecule has 0 unspecified atom stereocenters. The van der Waals surface area contributed by atoms with Crippen molar-refractivity contribution in [3.8, 4) is 11.3 Å². The van der Waals surface area contributed by atoms with E-state index in [1.165, 1.54) is 11.1 Å². The summed E-state index contributed by atoms with van der Waals surface area (Å²) < 4.78 is 0. The summed E-state index contributed by atoms with van der Waals surface area (Å²) in [5, 5.41) is 8.91. The molecule has 1 aromatic heterocycles. The van der Waals surface area contributed by atoms with Crippen LogP contribution in [0.5, 0.6) is 0 Å². The van der Waals surface area contributed by atoms with Gasteiger partial charge in [0, 0.05) is 24.3 Å². The Morgan fingerprint density at radius 2 is 1.84 bits per heavy atom. The number of hydrogen-bond donors (Lipinski definition) is 1. The van der Waals surface area contributed by atoms with Gasteiger partial charge in [0.05, 0.1) is 5.69 Å². The van der Waals surface area contributed by atoms with Gasteiger partial charge < -0.3 is 5.11 Å². The highest BCUT2D eigenvalue weighted by Gasteiger charge is 2.07. The fourth-order valence-corrected chi connectivity index (χ4v) is 2.13. The number of nitrogens with zero attached hydrogens (tertiary/aromatic N) is 2. The molecule has 0 aliphatic heterocycles. The van der Waals surface area contributed by atoms with Crippen LogP contribution in [0.3, 0.4) is 0 Å². The topological polar surface area (TPSA) is 46.0 Å². The van der Waals surface area contributed by atoms with Gasteiger partial charge in [-0.05, 0) is 44.9 Å². The Labute approximate surface area is 114 Å². The molecule has 19 heavy (non-hydrogen) atoms. The fourth-order valence-electron chi connectivity index (χ4n) is 2.13. The molecule has 1 heterocycles. The van der Waals surface area contributed by atoms with Crippen molar-refractivity contribution in [1.29, 1.82) is 0 Å². The number of aryl methyl sites for hydroxylation is 4. The summed E-state index contributed by atoms with van der Waals surface area (Å²) in [7, 11) is 0. The van der Waals surface area contributed by atoms with Crippen LogP contribution in [0.4, 0.5) is 0 Å². The number of hydrogen-bond acceptors (Lipinski definition) is 3. The molecule has 3 heteroatoms. The van der Waals surface area contributed by atoms with Crippen molar-refractivity contribution in [2.24, 2.45) is 0 Å². The van der Waals surface area contributed by atoms with E-state index in [0.29, 0.717) is 6.42 Å². The number of aliphatic hydroxyl groups excluding tert-OH is 1. The molecule has 0 fully saturated rings. The maximum absolute atomic E-state index is 8.91. The summed E-state index contributed by atoms with van der Waals surface area (Å²) >= 11 is 0. The maximum atomic E-state index is 8.91. The lowest BCUT2D eigenvalue weighted by molar-refractivity contribution is 0.287. The van der Waals surface area contributed by atoms with E-state index in [1.54, 1.807) is 0 Å². The summed E-state index contributed by atoms with van der Waals surface area (Å²) in [6.07, 6.45) is 1.42. The van der Waals surface area contributed by atoms with Gasteiger partial charge in [-0.3, -0.25) is 0 Å². The molecular formula is C16H20N2O. The molecular weight excluding hydrogens is 236 g/mol. The lowest BCUT2D eigenvalue weighted by Crippen LogP contribution is -2.01. The average molecular weight is 256 g/mol. The van der Waals surface area contributed by atoms with Gasteiger partial charge in [0.15, 0.2) is 0 Å². The average Bonchev–Trinajstić information content (AvgIpc) is 2.38. The molecule has 0 spiro atoms. The highest BCUT2D eigenvalue weighted by atomic mass is 16.2. The smallest absolute Gasteiger partial charge is 0.129 e. The predicted octanol–water partition coefficient (Wildman–Crippen LogP) is 2.99. The molecule has 0 aliphatic carbocycles. The van der Waals surface area contributed by atoms with Crippen LogP contribution in [0.15, 0.2) is 24.3 Å². The van der Waals surface area contributed by atoms with Gasteiger partial charge in [0.1, 0.15) is 5.82 Å². The highest BCUT2D eigenvalue weighted by molar-refractivity contribution is 5.64. The van der Waals surface area contributed by atoms with E-state index in [1.807, 2.05) is 13.0 Å². The molecule has 1 N–H and O–H groups in total. The molecule has 0 amide bonds. The van der Waals surface area contributed by atoms with Gasteiger partial charge in [0.25, 0.3) is 0 Å². The molecule has 0 saturated carbocycles. The Balaban J connectivity index is 2.43. The van der Waals surface area contributed by atoms with Crippen LogP contribution >= 0.6 is 0 Å². The Morgan fingerprint density at radius 3 is 2.58 bits per heavy atom. The van der Waals surface area contributed by atoms with E-state index in [2.05, 4.69) is 42.0 Å². The fraction of sp³-hybridized carbons (Fsp3) is 0.375. The van der Waals surface area contributed by atoms with E-state index in [9.17, 15) is 0 Å². The minimum absolute atomic E-state index is 0.177. The first-order chi connectivity index (χ1) is 9.10. The van der Waals surface area contributed by atoms with Crippen molar-refractivity contribution in [2.75, 3.05) is 6.61 Å². The van der Waals surface area contributed by atoms with Crippen molar-refractivity contribution >= 4 is 0 Å². The largest absolute Gasteiger partial charge is 0.396 e.